The van der Waals surface area contributed by atoms with Crippen LogP contribution < -0.4 is 10.2 Å². The van der Waals surface area contributed by atoms with Crippen LogP contribution in [0.15, 0.2) is 12.4 Å². The van der Waals surface area contributed by atoms with E-state index in [4.69, 9.17) is 0 Å². The molecule has 0 unspecified atom stereocenters. The van der Waals surface area contributed by atoms with E-state index in [-0.39, 0.29) is 0 Å². The van der Waals surface area contributed by atoms with E-state index in [2.05, 4.69) is 29.1 Å². The maximum Gasteiger partial charge on any atom is 0.225 e. The van der Waals surface area contributed by atoms with E-state index in [1.165, 1.54) is 12.4 Å². The Balaban J connectivity index is 1.86. The fraction of sp³-hybridized carbons (Fsp3) is 0.600. The van der Waals surface area contributed by atoms with Crippen LogP contribution in [-0.2, 0) is 0 Å². The summed E-state index contributed by atoms with van der Waals surface area (Å²) in [5.41, 5.74) is 0. The Hall–Kier alpha value is -1.23. The number of aromatic nitrogens is 2. The van der Waals surface area contributed by atoms with Crippen LogP contribution in [0.1, 0.15) is 13.8 Å². The van der Waals surface area contributed by atoms with Gasteiger partial charge in [-0.3, -0.25) is 0 Å². The second-order valence-electron chi connectivity index (χ2n) is 4.12. The predicted molar refractivity (Wildman–Crippen MR) is 56.3 cm³/mol. The molecular formula is C10H15FN4. The monoisotopic (exact) mass is 210 g/mol. The van der Waals surface area contributed by atoms with Gasteiger partial charge in [-0.05, 0) is 0 Å². The molecule has 5 heteroatoms. The summed E-state index contributed by atoms with van der Waals surface area (Å²) in [6.45, 7) is 6.03. The van der Waals surface area contributed by atoms with Crippen molar-refractivity contribution in [3.05, 3.63) is 18.2 Å². The Morgan fingerprint density at radius 2 is 2.00 bits per heavy atom. The van der Waals surface area contributed by atoms with E-state index in [1.807, 2.05) is 4.90 Å². The van der Waals surface area contributed by atoms with Gasteiger partial charge in [-0.2, -0.15) is 0 Å². The second-order valence-corrected chi connectivity index (χ2v) is 4.12. The SMILES string of the molecule is CC(C)NC1CN(c2ncc(F)cn2)C1. The Morgan fingerprint density at radius 1 is 1.40 bits per heavy atom. The molecule has 1 aromatic rings. The van der Waals surface area contributed by atoms with Crippen molar-refractivity contribution in [1.82, 2.24) is 15.3 Å². The molecule has 0 saturated carbocycles. The standard InChI is InChI=1S/C10H15FN4/c1-7(2)14-9-5-15(6-9)10-12-3-8(11)4-13-10/h3-4,7,9,14H,5-6H2,1-2H3. The zero-order chi connectivity index (χ0) is 10.8. The fourth-order valence-corrected chi connectivity index (χ4v) is 1.69. The summed E-state index contributed by atoms with van der Waals surface area (Å²) < 4.78 is 12.6. The number of halogens is 1. The van der Waals surface area contributed by atoms with Crippen LogP contribution in [0.2, 0.25) is 0 Å². The van der Waals surface area contributed by atoms with Crippen molar-refractivity contribution in [3.63, 3.8) is 0 Å². The number of hydrogen-bond donors (Lipinski definition) is 1. The van der Waals surface area contributed by atoms with Gasteiger partial charge in [0.15, 0.2) is 5.82 Å². The lowest BCUT2D eigenvalue weighted by molar-refractivity contribution is 0.384. The third-order valence-electron chi connectivity index (χ3n) is 2.34. The summed E-state index contributed by atoms with van der Waals surface area (Å²) in [6.07, 6.45) is 2.40. The highest BCUT2D eigenvalue weighted by atomic mass is 19.1. The fourth-order valence-electron chi connectivity index (χ4n) is 1.69. The van der Waals surface area contributed by atoms with Crippen molar-refractivity contribution in [1.29, 1.82) is 0 Å². The smallest absolute Gasteiger partial charge is 0.225 e. The lowest BCUT2D eigenvalue weighted by atomic mass is 10.1. The number of rotatable bonds is 3. The van der Waals surface area contributed by atoms with Gasteiger partial charge in [0, 0.05) is 25.2 Å². The molecule has 1 fully saturated rings. The Morgan fingerprint density at radius 3 is 2.53 bits per heavy atom. The molecule has 15 heavy (non-hydrogen) atoms. The Kier molecular flexibility index (Phi) is 2.81. The first kappa shape index (κ1) is 10.3. The maximum absolute atomic E-state index is 12.6. The van der Waals surface area contributed by atoms with Gasteiger partial charge < -0.3 is 10.2 Å². The largest absolute Gasteiger partial charge is 0.338 e. The minimum absolute atomic E-state index is 0.392. The first-order chi connectivity index (χ1) is 7.15. The van der Waals surface area contributed by atoms with Gasteiger partial charge in [-0.15, -0.1) is 0 Å². The zero-order valence-corrected chi connectivity index (χ0v) is 8.94. The van der Waals surface area contributed by atoms with E-state index < -0.39 is 5.82 Å². The molecule has 4 nitrogen and oxygen atoms in total. The van der Waals surface area contributed by atoms with E-state index >= 15 is 0 Å². The zero-order valence-electron chi connectivity index (χ0n) is 8.94. The predicted octanol–water partition coefficient (Wildman–Crippen LogP) is 0.802. The molecule has 82 valence electrons. The summed E-state index contributed by atoms with van der Waals surface area (Å²) in [6, 6.07) is 0.991. The number of hydrogen-bond acceptors (Lipinski definition) is 4. The van der Waals surface area contributed by atoms with Crippen LogP contribution in [0, 0.1) is 5.82 Å². The Labute approximate surface area is 88.5 Å². The molecule has 0 radical (unpaired) electrons. The number of anilines is 1. The average molecular weight is 210 g/mol. The molecule has 0 bridgehead atoms. The van der Waals surface area contributed by atoms with Gasteiger partial charge in [0.2, 0.25) is 5.95 Å². The number of nitrogens with zero attached hydrogens (tertiary/aromatic N) is 3. The molecular weight excluding hydrogens is 195 g/mol. The van der Waals surface area contributed by atoms with Gasteiger partial charge in [0.05, 0.1) is 12.4 Å². The van der Waals surface area contributed by atoms with E-state index in [9.17, 15) is 4.39 Å². The molecule has 1 aliphatic rings. The van der Waals surface area contributed by atoms with Crippen molar-refractivity contribution in [2.45, 2.75) is 25.9 Å². The van der Waals surface area contributed by atoms with Crippen LogP contribution in [0.5, 0.6) is 0 Å². The highest BCUT2D eigenvalue weighted by Crippen LogP contribution is 2.15. The van der Waals surface area contributed by atoms with Crippen LogP contribution >= 0.6 is 0 Å². The van der Waals surface area contributed by atoms with Crippen molar-refractivity contribution in [3.8, 4) is 0 Å². The van der Waals surface area contributed by atoms with Crippen molar-refractivity contribution < 1.29 is 4.39 Å². The van der Waals surface area contributed by atoms with Gasteiger partial charge >= 0.3 is 0 Å². The van der Waals surface area contributed by atoms with Gasteiger partial charge in [-0.25, -0.2) is 14.4 Å². The molecule has 0 atom stereocenters. The maximum atomic E-state index is 12.6. The highest BCUT2D eigenvalue weighted by molar-refractivity contribution is 5.34. The third-order valence-corrected chi connectivity index (χ3v) is 2.34. The normalized spacial score (nSPS) is 16.9. The molecule has 2 heterocycles. The topological polar surface area (TPSA) is 41.0 Å². The van der Waals surface area contributed by atoms with E-state index in [0.717, 1.165) is 13.1 Å². The first-order valence-electron chi connectivity index (χ1n) is 5.13. The van der Waals surface area contributed by atoms with E-state index in [0.29, 0.717) is 18.0 Å². The first-order valence-corrected chi connectivity index (χ1v) is 5.13. The third kappa shape index (κ3) is 2.41. The number of nitrogens with one attached hydrogen (secondary N) is 1. The van der Waals surface area contributed by atoms with E-state index in [1.54, 1.807) is 0 Å². The molecule has 1 aliphatic heterocycles. The quantitative estimate of drug-likeness (QED) is 0.801. The summed E-state index contributed by atoms with van der Waals surface area (Å²) in [5.74, 6) is 0.217. The molecule has 2 rings (SSSR count). The van der Waals surface area contributed by atoms with Crippen LogP contribution in [0.3, 0.4) is 0 Å². The van der Waals surface area contributed by atoms with Crippen molar-refractivity contribution >= 4 is 5.95 Å². The van der Waals surface area contributed by atoms with Crippen LogP contribution in [0.25, 0.3) is 0 Å². The molecule has 1 aromatic heterocycles. The van der Waals surface area contributed by atoms with Gasteiger partial charge in [0.25, 0.3) is 0 Å². The van der Waals surface area contributed by atoms with Crippen molar-refractivity contribution in [2.24, 2.45) is 0 Å². The second kappa shape index (κ2) is 4.10. The summed E-state index contributed by atoms with van der Waals surface area (Å²) in [4.78, 5) is 9.88. The lowest BCUT2D eigenvalue weighted by Gasteiger charge is -2.40. The molecule has 0 spiro atoms. The molecule has 0 amide bonds. The Bertz CT molecular complexity index is 319. The van der Waals surface area contributed by atoms with Crippen LogP contribution in [-0.4, -0.2) is 35.1 Å². The van der Waals surface area contributed by atoms with Crippen LogP contribution in [0.4, 0.5) is 10.3 Å². The molecule has 0 aliphatic carbocycles. The van der Waals surface area contributed by atoms with Gasteiger partial charge in [-0.1, -0.05) is 13.8 Å². The summed E-state index contributed by atoms with van der Waals surface area (Å²) >= 11 is 0. The average Bonchev–Trinajstić information content (AvgIpc) is 2.12. The molecule has 1 N–H and O–H groups in total. The minimum Gasteiger partial charge on any atom is -0.338 e. The molecule has 1 saturated heterocycles. The lowest BCUT2D eigenvalue weighted by Crippen LogP contribution is -2.60. The highest BCUT2D eigenvalue weighted by Gasteiger charge is 2.28. The minimum atomic E-state index is -0.392. The summed E-state index contributed by atoms with van der Waals surface area (Å²) in [5, 5.41) is 3.42. The van der Waals surface area contributed by atoms with Crippen molar-refractivity contribution in [2.75, 3.05) is 18.0 Å². The summed E-state index contributed by atoms with van der Waals surface area (Å²) in [7, 11) is 0. The molecule has 0 aromatic carbocycles. The van der Waals surface area contributed by atoms with Gasteiger partial charge in [0.1, 0.15) is 0 Å².